The van der Waals surface area contributed by atoms with E-state index in [-0.39, 0.29) is 11.5 Å². The number of halogens is 1. The molecule has 0 unspecified atom stereocenters. The average Bonchev–Trinajstić information content (AvgIpc) is 2.29. The lowest BCUT2D eigenvalue weighted by Gasteiger charge is -2.19. The summed E-state index contributed by atoms with van der Waals surface area (Å²) < 4.78 is 22.6. The molecule has 0 aliphatic heterocycles. The van der Waals surface area contributed by atoms with E-state index in [0.29, 0.717) is 13.1 Å². The van der Waals surface area contributed by atoms with Gasteiger partial charge in [0.25, 0.3) is 15.0 Å². The zero-order valence-electron chi connectivity index (χ0n) is 9.55. The Morgan fingerprint density at radius 2 is 2.00 bits per heavy atom. The quantitative estimate of drug-likeness (QED) is 0.782. The molecule has 1 heterocycles. The number of pyridine rings is 1. The largest absolute Gasteiger partial charge is 0.339 e. The highest BCUT2D eigenvalue weighted by molar-refractivity contribution is 8.13. The van der Waals surface area contributed by atoms with E-state index >= 15 is 0 Å². The molecule has 5 nitrogen and oxygen atoms in total. The number of carbonyl (C=O) groups excluding carboxylic acids is 1. The van der Waals surface area contributed by atoms with Crippen LogP contribution >= 0.6 is 10.7 Å². The van der Waals surface area contributed by atoms with Gasteiger partial charge in [-0.1, -0.05) is 0 Å². The summed E-state index contributed by atoms with van der Waals surface area (Å²) in [6, 6.07) is 2.91. The molecule has 1 aromatic heterocycles. The van der Waals surface area contributed by atoms with Crippen molar-refractivity contribution in [2.45, 2.75) is 18.9 Å². The molecule has 17 heavy (non-hydrogen) atoms. The first-order chi connectivity index (χ1) is 7.91. The normalized spacial score (nSPS) is 11.2. The van der Waals surface area contributed by atoms with Crippen LogP contribution in [0.15, 0.2) is 23.4 Å². The highest BCUT2D eigenvalue weighted by Crippen LogP contribution is 2.18. The number of aromatic nitrogens is 1. The number of hydrogen-bond donors (Lipinski definition) is 0. The Balaban J connectivity index is 3.28. The molecule has 0 aliphatic carbocycles. The van der Waals surface area contributed by atoms with Crippen molar-refractivity contribution in [3.63, 3.8) is 0 Å². The second-order valence-corrected chi connectivity index (χ2v) is 5.75. The maximum atomic E-state index is 12.0. The van der Waals surface area contributed by atoms with Gasteiger partial charge in [-0.3, -0.25) is 4.79 Å². The Kier molecular flexibility index (Phi) is 4.47. The molecule has 0 atom stereocenters. The zero-order chi connectivity index (χ0) is 13.1. The van der Waals surface area contributed by atoms with Crippen molar-refractivity contribution >= 4 is 25.6 Å². The number of amides is 1. The summed E-state index contributed by atoms with van der Waals surface area (Å²) >= 11 is 0. The predicted molar refractivity (Wildman–Crippen MR) is 64.5 cm³/mol. The number of hydrogen-bond acceptors (Lipinski definition) is 4. The maximum Gasteiger partial charge on any atom is 0.279 e. The van der Waals surface area contributed by atoms with Gasteiger partial charge in [0.1, 0.15) is 0 Å². The van der Waals surface area contributed by atoms with E-state index in [2.05, 4.69) is 4.98 Å². The second kappa shape index (κ2) is 5.46. The number of carbonyl (C=O) groups is 1. The Labute approximate surface area is 105 Å². The van der Waals surface area contributed by atoms with E-state index in [1.54, 1.807) is 0 Å². The predicted octanol–water partition coefficient (Wildman–Crippen LogP) is 1.49. The summed E-state index contributed by atoms with van der Waals surface area (Å²) in [6.45, 7) is 4.61. The van der Waals surface area contributed by atoms with Crippen molar-refractivity contribution < 1.29 is 13.2 Å². The van der Waals surface area contributed by atoms with Crippen molar-refractivity contribution in [1.82, 2.24) is 9.88 Å². The second-order valence-electron chi connectivity index (χ2n) is 3.27. The van der Waals surface area contributed by atoms with E-state index in [0.717, 1.165) is 0 Å². The van der Waals surface area contributed by atoms with E-state index in [4.69, 9.17) is 10.7 Å². The van der Waals surface area contributed by atoms with Gasteiger partial charge in [0.05, 0.1) is 5.56 Å². The Bertz CT molecular complexity index is 512. The molecule has 0 bridgehead atoms. The lowest BCUT2D eigenvalue weighted by Crippen LogP contribution is -2.31. The Hall–Kier alpha value is -1.14. The van der Waals surface area contributed by atoms with Crippen molar-refractivity contribution in [3.05, 3.63) is 23.9 Å². The van der Waals surface area contributed by atoms with Crippen LogP contribution in [0.4, 0.5) is 0 Å². The van der Waals surface area contributed by atoms with Gasteiger partial charge in [-0.05, 0) is 26.0 Å². The standard InChI is InChI=1S/C10H13ClN2O3S/c1-3-13(4-2)10(14)8-6-5-7-12-9(8)17(11,15)16/h5-7H,3-4H2,1-2H3. The topological polar surface area (TPSA) is 67.3 Å². The average molecular weight is 277 g/mol. The molecular formula is C10H13ClN2O3S. The monoisotopic (exact) mass is 276 g/mol. The molecule has 0 aromatic carbocycles. The smallest absolute Gasteiger partial charge is 0.279 e. The van der Waals surface area contributed by atoms with Gasteiger partial charge in [-0.15, -0.1) is 0 Å². The maximum absolute atomic E-state index is 12.0. The minimum atomic E-state index is -4.01. The lowest BCUT2D eigenvalue weighted by atomic mass is 10.2. The van der Waals surface area contributed by atoms with Crippen LogP contribution in [0.25, 0.3) is 0 Å². The molecule has 7 heteroatoms. The van der Waals surface area contributed by atoms with Gasteiger partial charge >= 0.3 is 0 Å². The summed E-state index contributed by atoms with van der Waals surface area (Å²) in [4.78, 5) is 17.2. The minimum Gasteiger partial charge on any atom is -0.339 e. The molecule has 0 radical (unpaired) electrons. The van der Waals surface area contributed by atoms with E-state index in [1.807, 2.05) is 13.8 Å². The molecule has 0 fully saturated rings. The number of rotatable bonds is 4. The fraction of sp³-hybridized carbons (Fsp3) is 0.400. The first-order valence-corrected chi connectivity index (χ1v) is 7.41. The van der Waals surface area contributed by atoms with Crippen molar-refractivity contribution in [3.8, 4) is 0 Å². The van der Waals surface area contributed by atoms with Crippen molar-refractivity contribution in [2.75, 3.05) is 13.1 Å². The van der Waals surface area contributed by atoms with Gasteiger partial charge in [-0.25, -0.2) is 13.4 Å². The first-order valence-electron chi connectivity index (χ1n) is 5.10. The molecule has 0 spiro atoms. The molecule has 1 rings (SSSR count). The zero-order valence-corrected chi connectivity index (χ0v) is 11.1. The molecule has 0 N–H and O–H groups in total. The fourth-order valence-corrected chi connectivity index (χ4v) is 2.40. The molecule has 1 amide bonds. The summed E-state index contributed by atoms with van der Waals surface area (Å²) in [5.74, 6) is -0.387. The van der Waals surface area contributed by atoms with E-state index < -0.39 is 14.1 Å². The van der Waals surface area contributed by atoms with Crippen LogP contribution in [0.5, 0.6) is 0 Å². The van der Waals surface area contributed by atoms with Crippen molar-refractivity contribution in [2.24, 2.45) is 0 Å². The van der Waals surface area contributed by atoms with E-state index in [1.165, 1.54) is 23.2 Å². The third kappa shape index (κ3) is 3.17. The van der Waals surface area contributed by atoms with Crippen LogP contribution in [0.1, 0.15) is 24.2 Å². The fourth-order valence-electron chi connectivity index (χ4n) is 1.43. The molecule has 0 aliphatic rings. The third-order valence-corrected chi connectivity index (χ3v) is 3.51. The number of nitrogens with zero attached hydrogens (tertiary/aromatic N) is 2. The lowest BCUT2D eigenvalue weighted by molar-refractivity contribution is 0.0768. The first kappa shape index (κ1) is 13.9. The molecule has 0 saturated carbocycles. The summed E-state index contributed by atoms with van der Waals surface area (Å²) in [5, 5.41) is -0.390. The van der Waals surface area contributed by atoms with Crippen LogP contribution in [-0.2, 0) is 9.05 Å². The highest BCUT2D eigenvalue weighted by Gasteiger charge is 2.24. The summed E-state index contributed by atoms with van der Waals surface area (Å²) in [7, 11) is 1.22. The van der Waals surface area contributed by atoms with Gasteiger partial charge in [0, 0.05) is 30.0 Å². The van der Waals surface area contributed by atoms with Gasteiger partial charge in [-0.2, -0.15) is 0 Å². The Morgan fingerprint density at radius 1 is 1.41 bits per heavy atom. The molecule has 0 saturated heterocycles. The van der Waals surface area contributed by atoms with Gasteiger partial charge < -0.3 is 4.90 Å². The van der Waals surface area contributed by atoms with Crippen LogP contribution in [0.2, 0.25) is 0 Å². The summed E-state index contributed by atoms with van der Waals surface area (Å²) in [6.07, 6.45) is 1.29. The van der Waals surface area contributed by atoms with Crippen LogP contribution in [-0.4, -0.2) is 37.3 Å². The van der Waals surface area contributed by atoms with Gasteiger partial charge in [0.15, 0.2) is 5.03 Å². The molecule has 1 aromatic rings. The highest BCUT2D eigenvalue weighted by atomic mass is 35.7. The van der Waals surface area contributed by atoms with Gasteiger partial charge in [0.2, 0.25) is 0 Å². The molecular weight excluding hydrogens is 264 g/mol. The van der Waals surface area contributed by atoms with Crippen LogP contribution < -0.4 is 0 Å². The Morgan fingerprint density at radius 3 is 2.47 bits per heavy atom. The minimum absolute atomic E-state index is 0.00574. The molecule has 94 valence electrons. The van der Waals surface area contributed by atoms with E-state index in [9.17, 15) is 13.2 Å². The van der Waals surface area contributed by atoms with Crippen LogP contribution in [0.3, 0.4) is 0 Å². The summed E-state index contributed by atoms with van der Waals surface area (Å²) in [5.41, 5.74) is 0.00574. The SMILES string of the molecule is CCN(CC)C(=O)c1cccnc1S(=O)(=O)Cl. The van der Waals surface area contributed by atoms with Crippen molar-refractivity contribution in [1.29, 1.82) is 0 Å². The van der Waals surface area contributed by atoms with Crippen LogP contribution in [0, 0.1) is 0 Å². The third-order valence-electron chi connectivity index (χ3n) is 2.28.